The van der Waals surface area contributed by atoms with Crippen molar-refractivity contribution >= 4 is 23.5 Å². The van der Waals surface area contributed by atoms with E-state index in [-0.39, 0.29) is 42.3 Å². The fourth-order valence-electron chi connectivity index (χ4n) is 3.15. The van der Waals surface area contributed by atoms with Gasteiger partial charge in [-0.1, -0.05) is 35.0 Å². The topological polar surface area (TPSA) is 122 Å². The zero-order chi connectivity index (χ0) is 24.0. The Hall–Kier alpha value is -4.14. The van der Waals surface area contributed by atoms with Crippen LogP contribution in [-0.2, 0) is 16.1 Å². The largest absolute Gasteiger partial charge is 0.507 e. The van der Waals surface area contributed by atoms with Crippen LogP contribution in [0.5, 0.6) is 5.75 Å². The van der Waals surface area contributed by atoms with Gasteiger partial charge in [0.05, 0.1) is 18.4 Å². The molecule has 0 spiro atoms. The highest BCUT2D eigenvalue weighted by atomic mass is 16.5. The van der Waals surface area contributed by atoms with Crippen LogP contribution < -0.4 is 5.32 Å². The van der Waals surface area contributed by atoms with Gasteiger partial charge in [-0.3, -0.25) is 14.4 Å². The fourth-order valence-corrected chi connectivity index (χ4v) is 3.15. The van der Waals surface area contributed by atoms with Crippen LogP contribution in [-0.4, -0.2) is 46.1 Å². The highest BCUT2D eigenvalue weighted by molar-refractivity contribution is 6.06. The van der Waals surface area contributed by atoms with Gasteiger partial charge in [-0.25, -0.2) is 0 Å². The molecule has 9 heteroatoms. The number of phenols is 1. The molecule has 0 radical (unpaired) electrons. The average Bonchev–Trinajstić information content (AvgIpc) is 3.22. The van der Waals surface area contributed by atoms with Gasteiger partial charge in [0, 0.05) is 12.2 Å². The first-order valence-electron chi connectivity index (χ1n) is 10.3. The van der Waals surface area contributed by atoms with Gasteiger partial charge in [0.2, 0.25) is 0 Å². The van der Waals surface area contributed by atoms with E-state index >= 15 is 0 Å². The zero-order valence-electron chi connectivity index (χ0n) is 18.6. The van der Waals surface area contributed by atoms with E-state index in [2.05, 4.69) is 10.5 Å². The molecule has 0 aliphatic carbocycles. The number of hydrogen-bond donors (Lipinski definition) is 2. The van der Waals surface area contributed by atoms with Crippen molar-refractivity contribution in [1.29, 1.82) is 0 Å². The maximum absolute atomic E-state index is 13.3. The average molecular weight is 451 g/mol. The number of aromatic hydroxyl groups is 1. The first kappa shape index (κ1) is 23.5. The summed E-state index contributed by atoms with van der Waals surface area (Å²) in [7, 11) is 0. The number of carbonyl (C=O) groups is 3. The quantitative estimate of drug-likeness (QED) is 0.397. The van der Waals surface area contributed by atoms with Crippen molar-refractivity contribution in [3.8, 4) is 5.75 Å². The Morgan fingerprint density at radius 1 is 1.09 bits per heavy atom. The minimum Gasteiger partial charge on any atom is -0.507 e. The number of phenolic OH excluding ortho intramolecular Hbond substituents is 1. The maximum Gasteiger partial charge on any atom is 0.325 e. The van der Waals surface area contributed by atoms with E-state index in [0.717, 1.165) is 11.1 Å². The van der Waals surface area contributed by atoms with Gasteiger partial charge >= 0.3 is 5.97 Å². The van der Waals surface area contributed by atoms with Crippen molar-refractivity contribution in [1.82, 2.24) is 10.1 Å². The molecule has 0 unspecified atom stereocenters. The normalized spacial score (nSPS) is 10.5. The van der Waals surface area contributed by atoms with Crippen molar-refractivity contribution in [3.05, 3.63) is 76.7 Å². The molecule has 3 aromatic rings. The summed E-state index contributed by atoms with van der Waals surface area (Å²) in [5, 5.41) is 16.6. The van der Waals surface area contributed by atoms with E-state index in [0.29, 0.717) is 5.76 Å². The molecule has 0 bridgehead atoms. The molecule has 2 aromatic carbocycles. The molecule has 0 aliphatic rings. The van der Waals surface area contributed by atoms with Crippen LogP contribution in [0.1, 0.15) is 44.5 Å². The molecule has 1 aromatic heterocycles. The third-order valence-corrected chi connectivity index (χ3v) is 4.89. The van der Waals surface area contributed by atoms with Crippen LogP contribution in [0.3, 0.4) is 0 Å². The second-order valence-electron chi connectivity index (χ2n) is 7.43. The van der Waals surface area contributed by atoms with Gasteiger partial charge in [-0.05, 0) is 44.5 Å². The van der Waals surface area contributed by atoms with Crippen LogP contribution in [0.4, 0.5) is 5.69 Å². The van der Waals surface area contributed by atoms with Crippen LogP contribution in [0.2, 0.25) is 0 Å². The molecule has 0 saturated heterocycles. The number of amides is 2. The number of ether oxygens (including phenoxy) is 1. The molecule has 2 amide bonds. The standard InChI is InChI=1S/C24H25N3O6/c1-4-32-22(29)14-27(13-17-7-5-15(2)6-8-17)24(31)19-11-18(9-10-21(19)28)26-23(30)20-12-25-33-16(20)3/h5-12,28H,4,13-14H2,1-3H3,(H,26,30). The second-order valence-corrected chi connectivity index (χ2v) is 7.43. The Balaban J connectivity index is 1.86. The number of hydrogen-bond acceptors (Lipinski definition) is 7. The summed E-state index contributed by atoms with van der Waals surface area (Å²) in [6.45, 7) is 5.25. The molecule has 0 saturated carbocycles. The third-order valence-electron chi connectivity index (χ3n) is 4.89. The predicted molar refractivity (Wildman–Crippen MR) is 120 cm³/mol. The molecule has 0 atom stereocenters. The number of carbonyl (C=O) groups excluding carboxylic acids is 3. The van der Waals surface area contributed by atoms with Gasteiger partial charge in [0.25, 0.3) is 11.8 Å². The van der Waals surface area contributed by atoms with Crippen molar-refractivity contribution in [2.24, 2.45) is 0 Å². The lowest BCUT2D eigenvalue weighted by Gasteiger charge is -2.23. The van der Waals surface area contributed by atoms with Gasteiger partial charge in [-0.2, -0.15) is 0 Å². The first-order valence-corrected chi connectivity index (χ1v) is 10.3. The summed E-state index contributed by atoms with van der Waals surface area (Å²) < 4.78 is 9.91. The molecular formula is C24H25N3O6. The Bertz CT molecular complexity index is 1150. The number of anilines is 1. The van der Waals surface area contributed by atoms with Crippen molar-refractivity contribution < 1.29 is 28.8 Å². The summed E-state index contributed by atoms with van der Waals surface area (Å²) >= 11 is 0. The zero-order valence-corrected chi connectivity index (χ0v) is 18.6. The molecule has 1 heterocycles. The first-order chi connectivity index (χ1) is 15.8. The van der Waals surface area contributed by atoms with Gasteiger partial charge in [0.15, 0.2) is 0 Å². The van der Waals surface area contributed by atoms with Crippen LogP contribution >= 0.6 is 0 Å². The number of aromatic nitrogens is 1. The van der Waals surface area contributed by atoms with Gasteiger partial charge in [-0.15, -0.1) is 0 Å². The van der Waals surface area contributed by atoms with E-state index in [9.17, 15) is 19.5 Å². The Kier molecular flexibility index (Phi) is 7.45. The van der Waals surface area contributed by atoms with Crippen molar-refractivity contribution in [3.63, 3.8) is 0 Å². The Morgan fingerprint density at radius 3 is 2.45 bits per heavy atom. The van der Waals surface area contributed by atoms with Crippen LogP contribution in [0.25, 0.3) is 0 Å². The lowest BCUT2D eigenvalue weighted by atomic mass is 10.1. The maximum atomic E-state index is 13.3. The monoisotopic (exact) mass is 451 g/mol. The number of nitrogens with zero attached hydrogens (tertiary/aromatic N) is 2. The molecule has 3 rings (SSSR count). The number of esters is 1. The number of benzene rings is 2. The van der Waals surface area contributed by atoms with E-state index in [4.69, 9.17) is 9.26 Å². The Morgan fingerprint density at radius 2 is 1.82 bits per heavy atom. The minimum atomic E-state index is -0.585. The van der Waals surface area contributed by atoms with Crippen LogP contribution in [0, 0.1) is 13.8 Å². The second kappa shape index (κ2) is 10.4. The lowest BCUT2D eigenvalue weighted by molar-refractivity contribution is -0.143. The molecule has 33 heavy (non-hydrogen) atoms. The smallest absolute Gasteiger partial charge is 0.325 e. The molecule has 172 valence electrons. The van der Waals surface area contributed by atoms with E-state index in [1.807, 2.05) is 31.2 Å². The van der Waals surface area contributed by atoms with Crippen molar-refractivity contribution in [2.75, 3.05) is 18.5 Å². The summed E-state index contributed by atoms with van der Waals surface area (Å²) in [6.07, 6.45) is 1.29. The molecule has 9 nitrogen and oxygen atoms in total. The van der Waals surface area contributed by atoms with Gasteiger partial charge in [0.1, 0.15) is 23.6 Å². The van der Waals surface area contributed by atoms with Crippen molar-refractivity contribution in [2.45, 2.75) is 27.3 Å². The van der Waals surface area contributed by atoms with E-state index < -0.39 is 17.8 Å². The number of rotatable bonds is 8. The lowest BCUT2D eigenvalue weighted by Crippen LogP contribution is -2.36. The van der Waals surface area contributed by atoms with E-state index in [1.165, 1.54) is 29.3 Å². The van der Waals surface area contributed by atoms with Gasteiger partial charge < -0.3 is 24.6 Å². The number of nitrogens with one attached hydrogen (secondary N) is 1. The summed E-state index contributed by atoms with van der Waals surface area (Å²) in [5.74, 6) is -1.55. The molecule has 0 fully saturated rings. The third kappa shape index (κ3) is 5.97. The molecule has 2 N–H and O–H groups in total. The Labute approximate surface area is 190 Å². The summed E-state index contributed by atoms with van der Waals surface area (Å²) in [4.78, 5) is 39.2. The fraction of sp³-hybridized carbons (Fsp3) is 0.250. The van der Waals surface area contributed by atoms with E-state index in [1.54, 1.807) is 13.8 Å². The number of aryl methyl sites for hydroxylation is 2. The molecule has 0 aliphatic heterocycles. The minimum absolute atomic E-state index is 0.0637. The molecular weight excluding hydrogens is 426 g/mol. The summed E-state index contributed by atoms with van der Waals surface area (Å²) in [6, 6.07) is 11.6. The highest BCUT2D eigenvalue weighted by Crippen LogP contribution is 2.25. The highest BCUT2D eigenvalue weighted by Gasteiger charge is 2.23. The summed E-state index contributed by atoms with van der Waals surface area (Å²) in [5.41, 5.74) is 2.34. The predicted octanol–water partition coefficient (Wildman–Crippen LogP) is 3.45. The van der Waals surface area contributed by atoms with Crippen LogP contribution in [0.15, 0.2) is 53.2 Å². The SMILES string of the molecule is CCOC(=O)CN(Cc1ccc(C)cc1)C(=O)c1cc(NC(=O)c2cnoc2C)ccc1O.